The molecule has 3 nitrogen and oxygen atoms in total. The van der Waals surface area contributed by atoms with E-state index in [4.69, 9.17) is 16.3 Å². The first kappa shape index (κ1) is 12.4. The third-order valence-electron chi connectivity index (χ3n) is 2.83. The Balaban J connectivity index is 2.38. The minimum absolute atomic E-state index is 0.445. The van der Waals surface area contributed by atoms with E-state index >= 15 is 0 Å². The summed E-state index contributed by atoms with van der Waals surface area (Å²) < 4.78 is 7.27. The molecule has 1 heterocycles. The zero-order valence-corrected chi connectivity index (χ0v) is 11.0. The molecule has 0 saturated carbocycles. The minimum atomic E-state index is 0.445. The number of benzene rings is 1. The average Bonchev–Trinajstić information content (AvgIpc) is 2.67. The molecule has 2 aromatic rings. The molecule has 17 heavy (non-hydrogen) atoms. The third-order valence-corrected chi connectivity index (χ3v) is 3.07. The second-order valence-electron chi connectivity index (χ2n) is 4.15. The molecular weight excluding hydrogens is 236 g/mol. The number of alkyl halides is 1. The first-order valence-electron chi connectivity index (χ1n) is 5.77. The number of hydrogen-bond acceptors (Lipinski definition) is 2. The molecule has 0 aliphatic rings. The van der Waals surface area contributed by atoms with Crippen molar-refractivity contribution in [3.8, 4) is 0 Å². The standard InChI is InChI=1S/C13H17ClN2O/c1-10-4-5-11-12(8-10)16(6-3-7-17-2)13(9-14)15-11/h4-5,8H,3,6-7,9H2,1-2H3. The molecule has 1 aromatic heterocycles. The smallest absolute Gasteiger partial charge is 0.124 e. The van der Waals surface area contributed by atoms with Crippen LogP contribution in [0.1, 0.15) is 17.8 Å². The van der Waals surface area contributed by atoms with Crippen molar-refractivity contribution in [1.29, 1.82) is 0 Å². The van der Waals surface area contributed by atoms with Crippen molar-refractivity contribution < 1.29 is 4.74 Å². The number of methoxy groups -OCH3 is 1. The summed E-state index contributed by atoms with van der Waals surface area (Å²) in [4.78, 5) is 4.54. The molecule has 0 N–H and O–H groups in total. The molecule has 0 atom stereocenters. The second-order valence-corrected chi connectivity index (χ2v) is 4.42. The zero-order chi connectivity index (χ0) is 12.3. The van der Waals surface area contributed by atoms with Crippen molar-refractivity contribution in [2.24, 2.45) is 0 Å². The van der Waals surface area contributed by atoms with Gasteiger partial charge in [0.05, 0.1) is 16.9 Å². The van der Waals surface area contributed by atoms with Crippen molar-refractivity contribution in [2.45, 2.75) is 25.8 Å². The maximum absolute atomic E-state index is 5.94. The Morgan fingerprint density at radius 3 is 2.94 bits per heavy atom. The summed E-state index contributed by atoms with van der Waals surface area (Å²) in [5.41, 5.74) is 3.42. The van der Waals surface area contributed by atoms with E-state index in [9.17, 15) is 0 Å². The Morgan fingerprint density at radius 1 is 1.41 bits per heavy atom. The van der Waals surface area contributed by atoms with Gasteiger partial charge < -0.3 is 9.30 Å². The van der Waals surface area contributed by atoms with Crippen LogP contribution in [0.15, 0.2) is 18.2 Å². The number of aromatic nitrogens is 2. The highest BCUT2D eigenvalue weighted by molar-refractivity contribution is 6.16. The highest BCUT2D eigenvalue weighted by Gasteiger charge is 2.09. The highest BCUT2D eigenvalue weighted by Crippen LogP contribution is 2.19. The summed E-state index contributed by atoms with van der Waals surface area (Å²) in [5, 5.41) is 0. The lowest BCUT2D eigenvalue weighted by Gasteiger charge is -2.07. The van der Waals surface area contributed by atoms with Crippen LogP contribution in [-0.4, -0.2) is 23.3 Å². The summed E-state index contributed by atoms with van der Waals surface area (Å²) in [6, 6.07) is 6.28. The number of ether oxygens (including phenoxy) is 1. The van der Waals surface area contributed by atoms with Gasteiger partial charge in [-0.1, -0.05) is 6.07 Å². The fraction of sp³-hybridized carbons (Fsp3) is 0.462. The van der Waals surface area contributed by atoms with Crippen LogP contribution in [0.3, 0.4) is 0 Å². The van der Waals surface area contributed by atoms with Gasteiger partial charge in [0, 0.05) is 20.3 Å². The van der Waals surface area contributed by atoms with Gasteiger partial charge >= 0.3 is 0 Å². The van der Waals surface area contributed by atoms with Gasteiger partial charge in [-0.05, 0) is 31.0 Å². The van der Waals surface area contributed by atoms with E-state index in [0.717, 1.165) is 36.4 Å². The predicted octanol–water partition coefficient (Wildman–Crippen LogP) is 3.12. The molecule has 0 saturated heterocycles. The van der Waals surface area contributed by atoms with Crippen molar-refractivity contribution in [2.75, 3.05) is 13.7 Å². The largest absolute Gasteiger partial charge is 0.385 e. The number of halogens is 1. The van der Waals surface area contributed by atoms with Crippen molar-refractivity contribution >= 4 is 22.6 Å². The van der Waals surface area contributed by atoms with Crippen molar-refractivity contribution in [3.63, 3.8) is 0 Å². The van der Waals surface area contributed by atoms with E-state index in [1.807, 2.05) is 6.07 Å². The predicted molar refractivity (Wildman–Crippen MR) is 70.5 cm³/mol. The molecule has 1 aromatic carbocycles. The van der Waals surface area contributed by atoms with Crippen molar-refractivity contribution in [1.82, 2.24) is 9.55 Å². The van der Waals surface area contributed by atoms with Crippen LogP contribution in [0, 0.1) is 6.92 Å². The number of hydrogen-bond donors (Lipinski definition) is 0. The van der Waals surface area contributed by atoms with Gasteiger partial charge in [-0.3, -0.25) is 0 Å². The minimum Gasteiger partial charge on any atom is -0.385 e. The average molecular weight is 253 g/mol. The van der Waals surface area contributed by atoms with Crippen LogP contribution in [0.5, 0.6) is 0 Å². The van der Waals surface area contributed by atoms with Gasteiger partial charge in [-0.25, -0.2) is 4.98 Å². The lowest BCUT2D eigenvalue weighted by Crippen LogP contribution is -2.05. The molecule has 92 valence electrons. The van der Waals surface area contributed by atoms with E-state index in [1.165, 1.54) is 5.56 Å². The Labute approximate surface area is 106 Å². The zero-order valence-electron chi connectivity index (χ0n) is 10.2. The van der Waals surface area contributed by atoms with E-state index < -0.39 is 0 Å². The van der Waals surface area contributed by atoms with E-state index in [2.05, 4.69) is 28.6 Å². The quantitative estimate of drug-likeness (QED) is 0.604. The molecule has 2 rings (SSSR count). The lowest BCUT2D eigenvalue weighted by molar-refractivity contribution is 0.190. The molecule has 0 fully saturated rings. The number of nitrogens with zero attached hydrogens (tertiary/aromatic N) is 2. The van der Waals surface area contributed by atoms with Gasteiger partial charge in [0.15, 0.2) is 0 Å². The summed E-state index contributed by atoms with van der Waals surface area (Å²) in [5.74, 6) is 1.38. The molecule has 4 heteroatoms. The third kappa shape index (κ3) is 2.61. The van der Waals surface area contributed by atoms with E-state index in [1.54, 1.807) is 7.11 Å². The molecule has 0 amide bonds. The summed E-state index contributed by atoms with van der Waals surface area (Å²) in [6.45, 7) is 3.75. The summed E-state index contributed by atoms with van der Waals surface area (Å²) in [7, 11) is 1.72. The Bertz CT molecular complexity index is 507. The molecule has 0 aliphatic carbocycles. The van der Waals surface area contributed by atoms with Gasteiger partial charge in [0.2, 0.25) is 0 Å². The van der Waals surface area contributed by atoms with Crippen LogP contribution in [0.4, 0.5) is 0 Å². The number of rotatable bonds is 5. The fourth-order valence-electron chi connectivity index (χ4n) is 2.00. The second kappa shape index (κ2) is 5.52. The highest BCUT2D eigenvalue weighted by atomic mass is 35.5. The Kier molecular flexibility index (Phi) is 4.02. The number of aryl methyl sites for hydroxylation is 2. The van der Waals surface area contributed by atoms with Crippen LogP contribution < -0.4 is 0 Å². The van der Waals surface area contributed by atoms with Crippen LogP contribution in [0.2, 0.25) is 0 Å². The first-order chi connectivity index (χ1) is 8.26. The van der Waals surface area contributed by atoms with E-state index in [-0.39, 0.29) is 0 Å². The van der Waals surface area contributed by atoms with Gasteiger partial charge in [0.1, 0.15) is 5.82 Å². The topological polar surface area (TPSA) is 27.1 Å². The maximum atomic E-state index is 5.94. The van der Waals surface area contributed by atoms with Gasteiger partial charge in [0.25, 0.3) is 0 Å². The lowest BCUT2D eigenvalue weighted by atomic mass is 10.2. The van der Waals surface area contributed by atoms with Crippen LogP contribution in [0.25, 0.3) is 11.0 Å². The number of fused-ring (bicyclic) bond motifs is 1. The molecule has 0 spiro atoms. The Hall–Kier alpha value is -1.06. The first-order valence-corrected chi connectivity index (χ1v) is 6.30. The van der Waals surface area contributed by atoms with Gasteiger partial charge in [-0.15, -0.1) is 11.6 Å². The van der Waals surface area contributed by atoms with Gasteiger partial charge in [-0.2, -0.15) is 0 Å². The number of imidazole rings is 1. The van der Waals surface area contributed by atoms with Crippen LogP contribution in [-0.2, 0) is 17.2 Å². The molecule has 0 unspecified atom stereocenters. The van der Waals surface area contributed by atoms with Crippen molar-refractivity contribution in [3.05, 3.63) is 29.6 Å². The molecule has 0 bridgehead atoms. The normalized spacial score (nSPS) is 11.2. The fourth-order valence-corrected chi connectivity index (χ4v) is 2.21. The Morgan fingerprint density at radius 2 is 2.24 bits per heavy atom. The SMILES string of the molecule is COCCCn1c(CCl)nc2ccc(C)cc21. The summed E-state index contributed by atoms with van der Waals surface area (Å²) >= 11 is 5.94. The van der Waals surface area contributed by atoms with E-state index in [0.29, 0.717) is 5.88 Å². The monoisotopic (exact) mass is 252 g/mol. The maximum Gasteiger partial charge on any atom is 0.124 e. The molecular formula is C13H17ClN2O. The summed E-state index contributed by atoms with van der Waals surface area (Å²) in [6.07, 6.45) is 0.972. The molecule has 0 aliphatic heterocycles. The van der Waals surface area contributed by atoms with Crippen LogP contribution >= 0.6 is 11.6 Å². The molecule has 0 radical (unpaired) electrons.